The second-order valence-corrected chi connectivity index (χ2v) is 11.5. The van der Waals surface area contributed by atoms with Crippen molar-refractivity contribution in [2.75, 3.05) is 24.5 Å². The molecule has 0 aliphatic rings. The zero-order chi connectivity index (χ0) is 28.7. The lowest BCUT2D eigenvalue weighted by molar-refractivity contribution is -0.139. The topological polar surface area (TPSA) is 96.0 Å². The Morgan fingerprint density at radius 1 is 0.974 bits per heavy atom. The fourth-order valence-corrected chi connectivity index (χ4v) is 5.60. The highest BCUT2D eigenvalue weighted by Crippen LogP contribution is 2.27. The minimum Gasteiger partial charge on any atom is -0.494 e. The summed E-state index contributed by atoms with van der Waals surface area (Å²) in [6, 6.07) is 16.8. The highest BCUT2D eigenvalue weighted by Gasteiger charge is 2.32. The van der Waals surface area contributed by atoms with Crippen molar-refractivity contribution in [2.24, 2.45) is 0 Å². The van der Waals surface area contributed by atoms with Crippen LogP contribution in [-0.4, -0.2) is 51.4 Å². The smallest absolute Gasteiger partial charge is 0.264 e. The van der Waals surface area contributed by atoms with Crippen LogP contribution >= 0.6 is 23.2 Å². The van der Waals surface area contributed by atoms with Crippen LogP contribution in [0.1, 0.15) is 25.0 Å². The predicted molar refractivity (Wildman–Crippen MR) is 154 cm³/mol. The summed E-state index contributed by atoms with van der Waals surface area (Å²) >= 11 is 12.2. The molecular weight excluding hydrogens is 561 g/mol. The van der Waals surface area contributed by atoms with Gasteiger partial charge in [-0.15, -0.1) is 0 Å². The van der Waals surface area contributed by atoms with Gasteiger partial charge in [-0.1, -0.05) is 47.0 Å². The van der Waals surface area contributed by atoms with Crippen molar-refractivity contribution < 1.29 is 22.7 Å². The molecule has 0 radical (unpaired) electrons. The van der Waals surface area contributed by atoms with Crippen molar-refractivity contribution in [3.63, 3.8) is 0 Å². The fraction of sp³-hybridized carbons (Fsp3) is 0.286. The van der Waals surface area contributed by atoms with Gasteiger partial charge in [0, 0.05) is 13.6 Å². The molecule has 3 aromatic carbocycles. The molecule has 1 unspecified atom stereocenters. The number of amides is 2. The number of nitrogens with zero attached hydrogens (tertiary/aromatic N) is 2. The van der Waals surface area contributed by atoms with Crippen LogP contribution in [0, 0.1) is 6.92 Å². The van der Waals surface area contributed by atoms with Crippen LogP contribution < -0.4 is 14.4 Å². The summed E-state index contributed by atoms with van der Waals surface area (Å²) in [5, 5.41) is 3.20. The number of likely N-dealkylation sites (N-methyl/N-ethyl adjacent to an activating group) is 1. The Bertz CT molecular complexity index is 1410. The zero-order valence-corrected chi connectivity index (χ0v) is 24.5. The van der Waals surface area contributed by atoms with Gasteiger partial charge < -0.3 is 15.0 Å². The largest absolute Gasteiger partial charge is 0.494 e. The van der Waals surface area contributed by atoms with Crippen molar-refractivity contribution >= 4 is 50.7 Å². The van der Waals surface area contributed by atoms with Crippen LogP contribution in [0.25, 0.3) is 0 Å². The zero-order valence-electron chi connectivity index (χ0n) is 22.1. The number of anilines is 1. The molecule has 0 fully saturated rings. The first-order valence-electron chi connectivity index (χ1n) is 12.2. The van der Waals surface area contributed by atoms with Crippen LogP contribution in [0.3, 0.4) is 0 Å². The molecule has 39 heavy (non-hydrogen) atoms. The average Bonchev–Trinajstić information content (AvgIpc) is 2.92. The van der Waals surface area contributed by atoms with E-state index in [1.54, 1.807) is 61.5 Å². The molecule has 3 aromatic rings. The SMILES string of the molecule is CCOc1ccc(S(=O)(=O)N(CC(=O)N(Cc2ccc(Cl)c(Cl)c2)C(C)C(=O)NC)c2ccc(C)cc2)cc1. The Hall–Kier alpha value is -3.27. The summed E-state index contributed by atoms with van der Waals surface area (Å²) < 4.78 is 34.2. The minimum absolute atomic E-state index is 0.00490. The fourth-order valence-electron chi connectivity index (χ4n) is 3.87. The first kappa shape index (κ1) is 30.3. The van der Waals surface area contributed by atoms with Gasteiger partial charge >= 0.3 is 0 Å². The van der Waals surface area contributed by atoms with Gasteiger partial charge in [-0.2, -0.15) is 0 Å². The molecule has 11 heteroatoms. The number of benzene rings is 3. The third-order valence-electron chi connectivity index (χ3n) is 6.07. The molecule has 0 aliphatic carbocycles. The van der Waals surface area contributed by atoms with Gasteiger partial charge in [-0.25, -0.2) is 8.42 Å². The number of carbonyl (C=O) groups excluding carboxylic acids is 2. The van der Waals surface area contributed by atoms with E-state index in [0.29, 0.717) is 33.7 Å². The Kier molecular flexibility index (Phi) is 10.2. The van der Waals surface area contributed by atoms with E-state index in [1.165, 1.54) is 24.1 Å². The lowest BCUT2D eigenvalue weighted by atomic mass is 10.1. The summed E-state index contributed by atoms with van der Waals surface area (Å²) in [6.07, 6.45) is 0. The number of sulfonamides is 1. The summed E-state index contributed by atoms with van der Waals surface area (Å²) in [7, 11) is -2.70. The van der Waals surface area contributed by atoms with Gasteiger partial charge in [-0.05, 0) is 74.9 Å². The molecule has 3 rings (SSSR count). The van der Waals surface area contributed by atoms with E-state index in [-0.39, 0.29) is 11.4 Å². The van der Waals surface area contributed by atoms with Crippen molar-refractivity contribution in [3.8, 4) is 5.75 Å². The molecular formula is C28H31Cl2N3O5S. The maximum Gasteiger partial charge on any atom is 0.264 e. The van der Waals surface area contributed by atoms with Crippen LogP contribution in [0.4, 0.5) is 5.69 Å². The summed E-state index contributed by atoms with van der Waals surface area (Å²) in [5.41, 5.74) is 1.87. The van der Waals surface area contributed by atoms with E-state index in [0.717, 1.165) is 9.87 Å². The number of rotatable bonds is 11. The van der Waals surface area contributed by atoms with Crippen molar-refractivity contribution in [3.05, 3.63) is 87.9 Å². The molecule has 0 bridgehead atoms. The normalized spacial score (nSPS) is 11.9. The van der Waals surface area contributed by atoms with Gasteiger partial charge in [0.1, 0.15) is 18.3 Å². The van der Waals surface area contributed by atoms with E-state index < -0.39 is 34.4 Å². The number of nitrogens with one attached hydrogen (secondary N) is 1. The summed E-state index contributed by atoms with van der Waals surface area (Å²) in [6.45, 7) is 5.19. The van der Waals surface area contributed by atoms with Crippen LogP contribution in [0.2, 0.25) is 10.0 Å². The van der Waals surface area contributed by atoms with Gasteiger partial charge in [0.25, 0.3) is 10.0 Å². The summed E-state index contributed by atoms with van der Waals surface area (Å²) in [4.78, 5) is 27.7. The molecule has 208 valence electrons. The highest BCUT2D eigenvalue weighted by atomic mass is 35.5. The minimum atomic E-state index is -4.17. The first-order valence-corrected chi connectivity index (χ1v) is 14.4. The van der Waals surface area contributed by atoms with Gasteiger partial charge in [0.2, 0.25) is 11.8 Å². The quantitative estimate of drug-likeness (QED) is 0.336. The number of halogens is 2. The molecule has 2 amide bonds. The molecule has 0 saturated carbocycles. The number of ether oxygens (including phenoxy) is 1. The Morgan fingerprint density at radius 2 is 1.62 bits per heavy atom. The Balaban J connectivity index is 2.02. The number of hydrogen-bond acceptors (Lipinski definition) is 5. The average molecular weight is 593 g/mol. The molecule has 0 spiro atoms. The van der Waals surface area contributed by atoms with Crippen LogP contribution in [0.15, 0.2) is 71.6 Å². The summed E-state index contributed by atoms with van der Waals surface area (Å²) in [5.74, 6) is -0.450. The van der Waals surface area contributed by atoms with Crippen molar-refractivity contribution in [1.82, 2.24) is 10.2 Å². The van der Waals surface area contributed by atoms with Gasteiger partial charge in [-0.3, -0.25) is 13.9 Å². The standard InChI is InChI=1S/C28H31Cl2N3O5S/c1-5-38-23-11-13-24(14-12-23)39(36,37)33(22-9-6-19(2)7-10-22)18-27(34)32(20(3)28(35)31-4)17-21-8-15-25(29)26(30)16-21/h6-16,20H,5,17-18H2,1-4H3,(H,31,35). The van der Waals surface area contributed by atoms with E-state index in [2.05, 4.69) is 5.32 Å². The van der Waals surface area contributed by atoms with E-state index in [4.69, 9.17) is 27.9 Å². The third kappa shape index (κ3) is 7.44. The third-order valence-corrected chi connectivity index (χ3v) is 8.60. The maximum absolute atomic E-state index is 13.8. The van der Waals surface area contributed by atoms with Crippen LogP contribution in [-0.2, 0) is 26.2 Å². The number of carbonyl (C=O) groups is 2. The molecule has 8 nitrogen and oxygen atoms in total. The second-order valence-electron chi connectivity index (χ2n) is 8.81. The van der Waals surface area contributed by atoms with E-state index in [9.17, 15) is 18.0 Å². The number of hydrogen-bond donors (Lipinski definition) is 1. The highest BCUT2D eigenvalue weighted by molar-refractivity contribution is 7.92. The van der Waals surface area contributed by atoms with Gasteiger partial charge in [0.15, 0.2) is 0 Å². The monoisotopic (exact) mass is 591 g/mol. The second kappa shape index (κ2) is 13.2. The number of aryl methyl sites for hydroxylation is 1. The van der Waals surface area contributed by atoms with Crippen molar-refractivity contribution in [1.29, 1.82) is 0 Å². The first-order chi connectivity index (χ1) is 18.5. The molecule has 1 atom stereocenters. The Labute approximate surface area is 239 Å². The molecule has 1 N–H and O–H groups in total. The van der Waals surface area contributed by atoms with E-state index in [1.807, 2.05) is 13.8 Å². The van der Waals surface area contributed by atoms with Crippen LogP contribution in [0.5, 0.6) is 5.75 Å². The molecule has 0 aromatic heterocycles. The van der Waals surface area contributed by atoms with Gasteiger partial charge in [0.05, 0.1) is 27.2 Å². The lowest BCUT2D eigenvalue weighted by Crippen LogP contribution is -2.50. The van der Waals surface area contributed by atoms with Crippen molar-refractivity contribution in [2.45, 2.75) is 38.3 Å². The Morgan fingerprint density at radius 3 is 2.18 bits per heavy atom. The van der Waals surface area contributed by atoms with E-state index >= 15 is 0 Å². The lowest BCUT2D eigenvalue weighted by Gasteiger charge is -2.32. The maximum atomic E-state index is 13.8. The predicted octanol–water partition coefficient (Wildman–Crippen LogP) is 5.06. The molecule has 0 heterocycles. The molecule has 0 saturated heterocycles. The molecule has 0 aliphatic heterocycles.